The van der Waals surface area contributed by atoms with Crippen molar-refractivity contribution >= 4 is 51.3 Å². The summed E-state index contributed by atoms with van der Waals surface area (Å²) < 4.78 is 16.2. The molecular weight excluding hydrogens is 428 g/mol. The summed E-state index contributed by atoms with van der Waals surface area (Å²) >= 11 is 0. The van der Waals surface area contributed by atoms with Crippen LogP contribution < -0.4 is 10.1 Å². The molecule has 0 atom stereocenters. The van der Waals surface area contributed by atoms with Crippen LogP contribution >= 0.6 is 0 Å². The smallest absolute Gasteiger partial charge is 0.331 e. The van der Waals surface area contributed by atoms with E-state index >= 15 is 0 Å². The highest BCUT2D eigenvalue weighted by Gasteiger charge is 2.15. The Morgan fingerprint density at radius 1 is 1.06 bits per heavy atom. The van der Waals surface area contributed by atoms with Crippen LogP contribution in [0.5, 0.6) is 5.75 Å². The van der Waals surface area contributed by atoms with Gasteiger partial charge >= 0.3 is 5.97 Å². The Morgan fingerprint density at radius 3 is 2.55 bits per heavy atom. The lowest BCUT2D eigenvalue weighted by Crippen LogP contribution is -2.20. The molecule has 1 amide bonds. The van der Waals surface area contributed by atoms with E-state index in [0.29, 0.717) is 28.2 Å². The zero-order chi connectivity index (χ0) is 23.4. The number of fused-ring (bicyclic) bond motifs is 3. The van der Waals surface area contributed by atoms with Crippen LogP contribution in [-0.2, 0) is 14.3 Å². The fourth-order valence-corrected chi connectivity index (χ4v) is 3.26. The molecule has 4 aromatic rings. The van der Waals surface area contributed by atoms with Crippen molar-refractivity contribution < 1.29 is 28.4 Å². The topological polar surface area (TPSA) is 121 Å². The van der Waals surface area contributed by atoms with E-state index in [1.54, 1.807) is 12.1 Å². The third-order valence-corrected chi connectivity index (χ3v) is 4.83. The van der Waals surface area contributed by atoms with E-state index in [1.165, 1.54) is 37.5 Å². The number of hydrogen-bond donors (Lipinski definition) is 1. The lowest BCUT2D eigenvalue weighted by molar-refractivity contribution is -0.384. The highest BCUT2D eigenvalue weighted by atomic mass is 16.6. The first-order chi connectivity index (χ1) is 15.9. The fraction of sp³-hybridized carbons (Fsp3) is 0.0833. The standard InChI is InChI=1S/C24H18N2O7/c1-31-22-12-18-17-4-2-3-5-20(17)33-21(18)13-19(22)25-23(27)14-32-24(28)11-8-15-6-9-16(10-7-15)26(29)30/h2-13H,14H2,1H3,(H,25,27). The third-order valence-electron chi connectivity index (χ3n) is 4.83. The first kappa shape index (κ1) is 21.6. The Labute approximate surface area is 187 Å². The number of hydrogen-bond acceptors (Lipinski definition) is 7. The summed E-state index contributed by atoms with van der Waals surface area (Å²) in [6.07, 6.45) is 2.57. The molecule has 3 aromatic carbocycles. The summed E-state index contributed by atoms with van der Waals surface area (Å²) in [5.74, 6) is -0.851. The normalized spacial score (nSPS) is 11.1. The van der Waals surface area contributed by atoms with Crippen LogP contribution in [0.25, 0.3) is 28.0 Å². The number of rotatable bonds is 7. The van der Waals surface area contributed by atoms with Gasteiger partial charge in [-0.1, -0.05) is 18.2 Å². The summed E-state index contributed by atoms with van der Waals surface area (Å²) in [7, 11) is 1.49. The number of ether oxygens (including phenoxy) is 2. The fourth-order valence-electron chi connectivity index (χ4n) is 3.26. The maximum atomic E-state index is 12.3. The molecule has 1 aromatic heterocycles. The minimum Gasteiger partial charge on any atom is -0.495 e. The minimum atomic E-state index is -0.733. The second-order valence-electron chi connectivity index (χ2n) is 6.98. The monoisotopic (exact) mass is 446 g/mol. The average molecular weight is 446 g/mol. The molecule has 0 aliphatic carbocycles. The van der Waals surface area contributed by atoms with Crippen molar-refractivity contribution in [1.82, 2.24) is 0 Å². The molecule has 0 bridgehead atoms. The molecule has 0 unspecified atom stereocenters. The molecular formula is C24H18N2O7. The Hall–Kier alpha value is -4.66. The maximum absolute atomic E-state index is 12.3. The number of non-ortho nitro benzene ring substituents is 1. The Morgan fingerprint density at radius 2 is 1.82 bits per heavy atom. The van der Waals surface area contributed by atoms with Crippen molar-refractivity contribution in [3.05, 3.63) is 82.4 Å². The van der Waals surface area contributed by atoms with E-state index in [1.807, 2.05) is 24.3 Å². The number of carbonyl (C=O) groups is 2. The number of nitro benzene ring substituents is 1. The van der Waals surface area contributed by atoms with Crippen LogP contribution in [0.2, 0.25) is 0 Å². The van der Waals surface area contributed by atoms with Crippen LogP contribution in [0.3, 0.4) is 0 Å². The van der Waals surface area contributed by atoms with Gasteiger partial charge in [0, 0.05) is 35.0 Å². The quantitative estimate of drug-likeness (QED) is 0.189. The highest BCUT2D eigenvalue weighted by molar-refractivity contribution is 6.08. The first-order valence-electron chi connectivity index (χ1n) is 9.83. The molecule has 166 valence electrons. The zero-order valence-electron chi connectivity index (χ0n) is 17.4. The number of para-hydroxylation sites is 1. The van der Waals surface area contributed by atoms with E-state index in [2.05, 4.69) is 5.32 Å². The van der Waals surface area contributed by atoms with Gasteiger partial charge in [0.2, 0.25) is 0 Å². The van der Waals surface area contributed by atoms with Crippen LogP contribution in [0.4, 0.5) is 11.4 Å². The molecule has 0 fully saturated rings. The number of anilines is 1. The predicted molar refractivity (Wildman–Crippen MR) is 122 cm³/mol. The van der Waals surface area contributed by atoms with E-state index in [9.17, 15) is 19.7 Å². The maximum Gasteiger partial charge on any atom is 0.331 e. The third kappa shape index (κ3) is 4.82. The van der Waals surface area contributed by atoms with Gasteiger partial charge in [-0.2, -0.15) is 0 Å². The minimum absolute atomic E-state index is 0.0531. The molecule has 0 saturated carbocycles. The summed E-state index contributed by atoms with van der Waals surface area (Å²) in [4.78, 5) is 34.4. The molecule has 0 saturated heterocycles. The first-order valence-corrected chi connectivity index (χ1v) is 9.83. The molecule has 0 aliphatic rings. The highest BCUT2D eigenvalue weighted by Crippen LogP contribution is 2.36. The van der Waals surface area contributed by atoms with Gasteiger partial charge in [0.15, 0.2) is 6.61 Å². The molecule has 0 aliphatic heterocycles. The molecule has 0 spiro atoms. The summed E-state index contributed by atoms with van der Waals surface area (Å²) in [6.45, 7) is -0.509. The number of carbonyl (C=O) groups excluding carboxylic acids is 2. The van der Waals surface area contributed by atoms with Crippen LogP contribution in [0.15, 0.2) is 71.2 Å². The van der Waals surface area contributed by atoms with Gasteiger partial charge < -0.3 is 19.2 Å². The lowest BCUT2D eigenvalue weighted by Gasteiger charge is -2.10. The SMILES string of the molecule is COc1cc2c(cc1NC(=O)COC(=O)C=Cc1ccc([N+](=O)[O-])cc1)oc1ccccc12. The largest absolute Gasteiger partial charge is 0.495 e. The second-order valence-corrected chi connectivity index (χ2v) is 6.98. The number of methoxy groups -OCH3 is 1. The van der Waals surface area contributed by atoms with Gasteiger partial charge in [0.25, 0.3) is 11.6 Å². The molecule has 1 heterocycles. The van der Waals surface area contributed by atoms with Gasteiger partial charge in [-0.25, -0.2) is 4.79 Å². The van der Waals surface area contributed by atoms with Crippen LogP contribution in [0, 0.1) is 10.1 Å². The molecule has 9 nitrogen and oxygen atoms in total. The zero-order valence-corrected chi connectivity index (χ0v) is 17.4. The number of nitro groups is 1. The van der Waals surface area contributed by atoms with Crippen molar-refractivity contribution in [2.75, 3.05) is 19.0 Å². The Kier molecular flexibility index (Phi) is 6.03. The molecule has 1 N–H and O–H groups in total. The van der Waals surface area contributed by atoms with Gasteiger partial charge in [-0.15, -0.1) is 0 Å². The number of nitrogens with zero attached hydrogens (tertiary/aromatic N) is 1. The molecule has 4 rings (SSSR count). The second kappa shape index (κ2) is 9.23. The number of amides is 1. The summed E-state index contributed by atoms with van der Waals surface area (Å²) in [6, 6.07) is 16.6. The molecule has 0 radical (unpaired) electrons. The van der Waals surface area contributed by atoms with E-state index < -0.39 is 23.4 Å². The van der Waals surface area contributed by atoms with Gasteiger partial charge in [-0.3, -0.25) is 14.9 Å². The van der Waals surface area contributed by atoms with Gasteiger partial charge in [-0.05, 0) is 35.9 Å². The van der Waals surface area contributed by atoms with E-state index in [4.69, 9.17) is 13.9 Å². The number of esters is 1. The number of furan rings is 1. The van der Waals surface area contributed by atoms with E-state index in [0.717, 1.165) is 16.8 Å². The van der Waals surface area contributed by atoms with Crippen molar-refractivity contribution in [2.45, 2.75) is 0 Å². The average Bonchev–Trinajstić information content (AvgIpc) is 3.18. The Bertz CT molecular complexity index is 1390. The summed E-state index contributed by atoms with van der Waals surface area (Å²) in [5, 5.41) is 15.1. The number of nitrogens with one attached hydrogen (secondary N) is 1. The van der Waals surface area contributed by atoms with Crippen LogP contribution in [0.1, 0.15) is 5.56 Å². The number of benzene rings is 3. The predicted octanol–water partition coefficient (Wildman–Crippen LogP) is 4.70. The Balaban J connectivity index is 1.39. The molecule has 33 heavy (non-hydrogen) atoms. The molecule has 9 heteroatoms. The van der Waals surface area contributed by atoms with Gasteiger partial charge in [0.1, 0.15) is 16.9 Å². The van der Waals surface area contributed by atoms with Crippen molar-refractivity contribution in [3.8, 4) is 5.75 Å². The van der Waals surface area contributed by atoms with E-state index in [-0.39, 0.29) is 5.69 Å². The van der Waals surface area contributed by atoms with Crippen molar-refractivity contribution in [3.63, 3.8) is 0 Å². The lowest BCUT2D eigenvalue weighted by atomic mass is 10.1. The van der Waals surface area contributed by atoms with Crippen molar-refractivity contribution in [2.24, 2.45) is 0 Å². The van der Waals surface area contributed by atoms with Gasteiger partial charge in [0.05, 0.1) is 17.7 Å². The summed E-state index contributed by atoms with van der Waals surface area (Å²) in [5.41, 5.74) is 2.20. The van der Waals surface area contributed by atoms with Crippen LogP contribution in [-0.4, -0.2) is 30.5 Å². The van der Waals surface area contributed by atoms with Crippen molar-refractivity contribution in [1.29, 1.82) is 0 Å².